The van der Waals surface area contributed by atoms with E-state index >= 15 is 0 Å². The molecule has 0 aliphatic carbocycles. The molecule has 2 unspecified atom stereocenters. The molecule has 0 fully saturated rings. The summed E-state index contributed by atoms with van der Waals surface area (Å²) in [6, 6.07) is 0. The van der Waals surface area contributed by atoms with Gasteiger partial charge in [-0.3, -0.25) is 0 Å². The molecule has 0 aliphatic heterocycles. The van der Waals surface area contributed by atoms with Crippen LogP contribution in [0.25, 0.3) is 0 Å². The van der Waals surface area contributed by atoms with E-state index in [1.807, 2.05) is 13.8 Å². The maximum atomic E-state index is 12.0. The van der Waals surface area contributed by atoms with Gasteiger partial charge in [0, 0.05) is 0 Å². The third-order valence-corrected chi connectivity index (χ3v) is 4.94. The van der Waals surface area contributed by atoms with Crippen LogP contribution >= 0.6 is 24.4 Å². The molecule has 0 aromatic rings. The van der Waals surface area contributed by atoms with Crippen LogP contribution in [0.5, 0.6) is 0 Å². The standard InChI is InChI=1S/C14H25N3O4S4/c1-5-7-16(13(22)23,9-11(18)20-3)15-17(8-6-2,14(24)25)10-12(19)21-4/h15H,5-10H2,1-4H3. The maximum absolute atomic E-state index is 12.0. The van der Waals surface area contributed by atoms with Gasteiger partial charge in [-0.1, -0.05) is 13.8 Å². The SMILES string of the molecule is CCC[N+](CC(=O)OC)(N[N+](CCC)(CC(=O)OC)C(=S)[S-])C(=S)[S-]. The first kappa shape index (κ1) is 24.4. The first-order chi connectivity index (χ1) is 11.6. The van der Waals surface area contributed by atoms with E-state index in [0.717, 1.165) is 0 Å². The highest BCUT2D eigenvalue weighted by Crippen LogP contribution is 2.16. The maximum Gasteiger partial charge on any atom is 0.363 e. The summed E-state index contributed by atoms with van der Waals surface area (Å²) in [4.78, 5) is 23.9. The molecule has 0 saturated heterocycles. The van der Waals surface area contributed by atoms with Crippen LogP contribution in [-0.2, 0) is 44.3 Å². The Morgan fingerprint density at radius 1 is 0.880 bits per heavy atom. The molecule has 0 rings (SSSR count). The Hall–Kier alpha value is -0.560. The van der Waals surface area contributed by atoms with Crippen LogP contribution in [0.15, 0.2) is 0 Å². The second-order valence-corrected chi connectivity index (χ2v) is 7.55. The van der Waals surface area contributed by atoms with Crippen molar-refractivity contribution in [2.75, 3.05) is 40.4 Å². The first-order valence-electron chi connectivity index (χ1n) is 7.73. The van der Waals surface area contributed by atoms with E-state index in [1.165, 1.54) is 14.2 Å². The first-order valence-corrected chi connectivity index (χ1v) is 9.36. The summed E-state index contributed by atoms with van der Waals surface area (Å²) < 4.78 is 9.32. The molecule has 0 aromatic heterocycles. The highest BCUT2D eigenvalue weighted by molar-refractivity contribution is 8.00. The van der Waals surface area contributed by atoms with E-state index in [4.69, 9.17) is 59.2 Å². The van der Waals surface area contributed by atoms with Gasteiger partial charge >= 0.3 is 11.9 Å². The fourth-order valence-electron chi connectivity index (χ4n) is 2.42. The van der Waals surface area contributed by atoms with E-state index < -0.39 is 11.9 Å². The molecule has 0 radical (unpaired) electrons. The number of hydrogen-bond donors (Lipinski definition) is 1. The van der Waals surface area contributed by atoms with Crippen molar-refractivity contribution in [1.82, 2.24) is 5.53 Å². The molecule has 0 amide bonds. The van der Waals surface area contributed by atoms with Crippen LogP contribution < -0.4 is 5.53 Å². The van der Waals surface area contributed by atoms with Gasteiger partial charge in [0.1, 0.15) is 13.1 Å². The Balaban J connectivity index is 6.08. The zero-order valence-corrected chi connectivity index (χ0v) is 18.2. The molecule has 25 heavy (non-hydrogen) atoms. The number of ether oxygens (including phenoxy) is 2. The molecule has 0 bridgehead atoms. The van der Waals surface area contributed by atoms with Crippen LogP contribution in [0, 0.1) is 0 Å². The number of esters is 2. The largest absolute Gasteiger partial charge is 0.465 e. The van der Waals surface area contributed by atoms with E-state index in [0.29, 0.717) is 25.9 Å². The molecule has 2 atom stereocenters. The molecule has 11 heteroatoms. The zero-order valence-electron chi connectivity index (χ0n) is 14.9. The lowest BCUT2D eigenvalue weighted by atomic mass is 10.4. The van der Waals surface area contributed by atoms with Crippen molar-refractivity contribution in [2.24, 2.45) is 0 Å². The van der Waals surface area contributed by atoms with Gasteiger partial charge in [-0.15, -0.1) is 0 Å². The molecular formula is C14H25N3O4S4. The van der Waals surface area contributed by atoms with Crippen molar-refractivity contribution in [1.29, 1.82) is 0 Å². The number of quaternary nitrogens is 2. The van der Waals surface area contributed by atoms with Crippen molar-refractivity contribution >= 4 is 70.3 Å². The number of nitrogens with one attached hydrogen (secondary N) is 1. The van der Waals surface area contributed by atoms with Gasteiger partial charge in [-0.25, -0.2) is 9.59 Å². The Morgan fingerprint density at radius 2 is 1.20 bits per heavy atom. The topological polar surface area (TPSA) is 64.6 Å². The molecule has 0 saturated carbocycles. The number of thiocarbonyl (C=S) groups is 2. The summed E-state index contributed by atoms with van der Waals surface area (Å²) in [5.41, 5.74) is 3.19. The Kier molecular flexibility index (Phi) is 11.0. The van der Waals surface area contributed by atoms with Crippen molar-refractivity contribution in [2.45, 2.75) is 26.7 Å². The fraction of sp³-hybridized carbons (Fsp3) is 0.714. The van der Waals surface area contributed by atoms with Gasteiger partial charge in [-0.05, 0) is 18.4 Å². The molecule has 1 N–H and O–H groups in total. The van der Waals surface area contributed by atoms with Crippen LogP contribution in [0.3, 0.4) is 0 Å². The minimum atomic E-state index is -0.490. The van der Waals surface area contributed by atoms with Gasteiger partial charge in [0.25, 0.3) is 0 Å². The molecule has 0 spiro atoms. The Bertz CT molecular complexity index is 476. The summed E-state index contributed by atoms with van der Waals surface area (Å²) >= 11 is 21.0. The van der Waals surface area contributed by atoms with E-state index in [1.54, 1.807) is 0 Å². The number of methoxy groups -OCH3 is 2. The van der Waals surface area contributed by atoms with Gasteiger partial charge in [0.2, 0.25) is 13.1 Å². The van der Waals surface area contributed by atoms with Crippen molar-refractivity contribution in [3.05, 3.63) is 0 Å². The molecule has 0 aliphatic rings. The van der Waals surface area contributed by atoms with Crippen molar-refractivity contribution < 1.29 is 28.2 Å². The number of nitrogens with zero attached hydrogens (tertiary/aromatic N) is 2. The molecule has 7 nitrogen and oxygen atoms in total. The second-order valence-electron chi connectivity index (χ2n) is 5.48. The van der Waals surface area contributed by atoms with Crippen molar-refractivity contribution in [3.63, 3.8) is 0 Å². The number of hydrogen-bond acceptors (Lipinski definition) is 9. The molecular weight excluding hydrogens is 402 g/mol. The molecule has 144 valence electrons. The zero-order chi connectivity index (χ0) is 19.7. The molecule has 0 aromatic carbocycles. The van der Waals surface area contributed by atoms with E-state index in [2.05, 4.69) is 5.53 Å². The van der Waals surface area contributed by atoms with Gasteiger partial charge < -0.3 is 59.2 Å². The molecule has 0 heterocycles. The normalized spacial score (nSPS) is 15.5. The van der Waals surface area contributed by atoms with Gasteiger partial charge in [-0.2, -0.15) is 9.18 Å². The average Bonchev–Trinajstić information content (AvgIpc) is 2.54. The predicted octanol–water partition coefficient (Wildman–Crippen LogP) is 0.869. The summed E-state index contributed by atoms with van der Waals surface area (Å²) in [6.07, 6.45) is 1.35. The second kappa shape index (κ2) is 11.2. The number of carbonyl (C=O) groups is 2. The average molecular weight is 428 g/mol. The lowest BCUT2D eigenvalue weighted by molar-refractivity contribution is -1.08. The van der Waals surface area contributed by atoms with Gasteiger partial charge in [0.15, 0.2) is 0 Å². The summed E-state index contributed by atoms with van der Waals surface area (Å²) in [7, 11) is 2.57. The third-order valence-electron chi connectivity index (χ3n) is 3.55. The smallest absolute Gasteiger partial charge is 0.363 e. The van der Waals surface area contributed by atoms with E-state index in [9.17, 15) is 9.59 Å². The minimum Gasteiger partial charge on any atom is -0.465 e. The minimum absolute atomic E-state index is 0.113. The van der Waals surface area contributed by atoms with Crippen LogP contribution in [0.2, 0.25) is 0 Å². The lowest BCUT2D eigenvalue weighted by Crippen LogP contribution is -2.77. The highest BCUT2D eigenvalue weighted by Gasteiger charge is 2.43. The summed E-state index contributed by atoms with van der Waals surface area (Å²) in [6.45, 7) is 4.44. The Labute approximate surface area is 170 Å². The highest BCUT2D eigenvalue weighted by atomic mass is 32.1. The van der Waals surface area contributed by atoms with Crippen LogP contribution in [-0.4, -0.2) is 70.2 Å². The van der Waals surface area contributed by atoms with Crippen LogP contribution in [0.4, 0.5) is 0 Å². The summed E-state index contributed by atoms with van der Waals surface area (Å²) in [5.74, 6) is -0.979. The van der Waals surface area contributed by atoms with Crippen LogP contribution in [0.1, 0.15) is 26.7 Å². The predicted molar refractivity (Wildman–Crippen MR) is 108 cm³/mol. The Morgan fingerprint density at radius 3 is 1.40 bits per heavy atom. The quantitative estimate of drug-likeness (QED) is 0.180. The monoisotopic (exact) mass is 427 g/mol. The van der Waals surface area contributed by atoms with Gasteiger partial charge in [0.05, 0.1) is 22.9 Å². The fourth-order valence-corrected chi connectivity index (χ4v) is 3.21. The van der Waals surface area contributed by atoms with Crippen molar-refractivity contribution in [3.8, 4) is 0 Å². The number of rotatable bonds is 10. The van der Waals surface area contributed by atoms with E-state index in [-0.39, 0.29) is 30.9 Å². The third kappa shape index (κ3) is 6.93. The number of carbonyl (C=O) groups excluding carboxylic acids is 2. The lowest BCUT2D eigenvalue weighted by Gasteiger charge is -2.47. The summed E-state index contributed by atoms with van der Waals surface area (Å²) in [5, 5.41) is 0.